The Hall–Kier alpha value is -0.580. The van der Waals surface area contributed by atoms with Crippen LogP contribution in [0.15, 0.2) is 22.7 Å². The van der Waals surface area contributed by atoms with Crippen molar-refractivity contribution in [2.75, 3.05) is 18.5 Å². The molecule has 1 rings (SSSR count). The minimum absolute atomic E-state index is 0.348. The Bertz CT molecular complexity index is 328. The molecule has 3 nitrogen and oxygen atoms in total. The summed E-state index contributed by atoms with van der Waals surface area (Å²) in [5.41, 5.74) is 7.81. The van der Waals surface area contributed by atoms with E-state index in [1.807, 2.05) is 30.1 Å². The number of rotatable bonds is 4. The van der Waals surface area contributed by atoms with Gasteiger partial charge in [0.05, 0.1) is 6.10 Å². The Morgan fingerprint density at radius 2 is 2.20 bits per heavy atom. The van der Waals surface area contributed by atoms with Crippen molar-refractivity contribution in [3.8, 4) is 0 Å². The van der Waals surface area contributed by atoms with Crippen LogP contribution < -0.4 is 10.6 Å². The van der Waals surface area contributed by atoms with Crippen LogP contribution in [0.4, 0.5) is 5.69 Å². The fourth-order valence-corrected chi connectivity index (χ4v) is 1.91. The average molecular weight is 273 g/mol. The van der Waals surface area contributed by atoms with Gasteiger partial charge in [0.15, 0.2) is 0 Å². The van der Waals surface area contributed by atoms with Crippen LogP contribution in [0.1, 0.15) is 12.5 Å². The third-order valence-corrected chi connectivity index (χ3v) is 2.71. The SMILES string of the molecule is CC(O)CN(C)c1cc(Br)ccc1CN. The number of benzene rings is 1. The third-order valence-electron chi connectivity index (χ3n) is 2.22. The molecule has 0 fully saturated rings. The zero-order chi connectivity index (χ0) is 11.4. The molecule has 84 valence electrons. The Balaban J connectivity index is 2.94. The Morgan fingerprint density at radius 1 is 1.53 bits per heavy atom. The van der Waals surface area contributed by atoms with E-state index in [1.165, 1.54) is 0 Å². The van der Waals surface area contributed by atoms with Gasteiger partial charge in [-0.3, -0.25) is 0 Å². The first kappa shape index (κ1) is 12.5. The second-order valence-electron chi connectivity index (χ2n) is 3.71. The number of hydrogen-bond acceptors (Lipinski definition) is 3. The van der Waals surface area contributed by atoms with Gasteiger partial charge in [-0.2, -0.15) is 0 Å². The summed E-state index contributed by atoms with van der Waals surface area (Å²) in [6.07, 6.45) is -0.348. The summed E-state index contributed by atoms with van der Waals surface area (Å²) in [5, 5.41) is 9.33. The number of hydrogen-bond donors (Lipinski definition) is 2. The molecule has 1 aromatic rings. The van der Waals surface area contributed by atoms with Gasteiger partial charge >= 0.3 is 0 Å². The number of nitrogens with two attached hydrogens (primary N) is 1. The lowest BCUT2D eigenvalue weighted by Gasteiger charge is -2.23. The largest absolute Gasteiger partial charge is 0.392 e. The lowest BCUT2D eigenvalue weighted by molar-refractivity contribution is 0.201. The maximum absolute atomic E-state index is 9.33. The molecule has 0 aromatic heterocycles. The van der Waals surface area contributed by atoms with Crippen LogP contribution in [0.5, 0.6) is 0 Å². The molecule has 1 aromatic carbocycles. The highest BCUT2D eigenvalue weighted by Crippen LogP contribution is 2.24. The first-order chi connectivity index (χ1) is 7.04. The van der Waals surface area contributed by atoms with Crippen LogP contribution in [0, 0.1) is 0 Å². The molecule has 0 heterocycles. The van der Waals surface area contributed by atoms with Crippen molar-refractivity contribution in [3.63, 3.8) is 0 Å². The Labute approximate surface area is 99.0 Å². The molecule has 1 unspecified atom stereocenters. The summed E-state index contributed by atoms with van der Waals surface area (Å²) >= 11 is 3.43. The number of nitrogens with zero attached hydrogens (tertiary/aromatic N) is 1. The molecule has 0 aliphatic carbocycles. The van der Waals surface area contributed by atoms with Crippen molar-refractivity contribution in [3.05, 3.63) is 28.2 Å². The maximum atomic E-state index is 9.33. The van der Waals surface area contributed by atoms with Crippen LogP contribution in [-0.4, -0.2) is 24.8 Å². The quantitative estimate of drug-likeness (QED) is 0.878. The summed E-state index contributed by atoms with van der Waals surface area (Å²) in [6.45, 7) is 2.88. The van der Waals surface area contributed by atoms with E-state index in [1.54, 1.807) is 6.92 Å². The van der Waals surface area contributed by atoms with Crippen molar-refractivity contribution >= 4 is 21.6 Å². The topological polar surface area (TPSA) is 49.5 Å². The highest BCUT2D eigenvalue weighted by molar-refractivity contribution is 9.10. The minimum atomic E-state index is -0.348. The van der Waals surface area contributed by atoms with Crippen LogP contribution in [-0.2, 0) is 6.54 Å². The highest BCUT2D eigenvalue weighted by atomic mass is 79.9. The molecule has 0 spiro atoms. The predicted molar refractivity (Wildman–Crippen MR) is 67.0 cm³/mol. The van der Waals surface area contributed by atoms with Crippen molar-refractivity contribution < 1.29 is 5.11 Å². The molecule has 15 heavy (non-hydrogen) atoms. The molecule has 0 aliphatic heterocycles. The smallest absolute Gasteiger partial charge is 0.0686 e. The molecule has 0 amide bonds. The standard InChI is InChI=1S/C11H17BrN2O/c1-8(15)7-14(2)11-5-10(12)4-3-9(11)6-13/h3-5,8,15H,6-7,13H2,1-2H3. The summed E-state index contributed by atoms with van der Waals surface area (Å²) in [6, 6.07) is 5.99. The summed E-state index contributed by atoms with van der Waals surface area (Å²) < 4.78 is 1.02. The number of likely N-dealkylation sites (N-methyl/N-ethyl adjacent to an activating group) is 1. The van der Waals surface area contributed by atoms with Gasteiger partial charge in [-0.15, -0.1) is 0 Å². The van der Waals surface area contributed by atoms with Crippen molar-refractivity contribution in [1.29, 1.82) is 0 Å². The second-order valence-corrected chi connectivity index (χ2v) is 4.62. The Kier molecular flexibility index (Phi) is 4.57. The van der Waals surface area contributed by atoms with Crippen LogP contribution >= 0.6 is 15.9 Å². The molecular formula is C11H17BrN2O. The normalized spacial score (nSPS) is 12.6. The number of anilines is 1. The summed E-state index contributed by atoms with van der Waals surface area (Å²) in [4.78, 5) is 2.01. The lowest BCUT2D eigenvalue weighted by Crippen LogP contribution is -2.28. The molecule has 0 bridgehead atoms. The van der Waals surface area contributed by atoms with Gasteiger partial charge in [0, 0.05) is 30.3 Å². The van der Waals surface area contributed by atoms with Gasteiger partial charge in [0.2, 0.25) is 0 Å². The van der Waals surface area contributed by atoms with Crippen molar-refractivity contribution in [2.24, 2.45) is 5.73 Å². The number of aliphatic hydroxyl groups is 1. The van der Waals surface area contributed by atoms with E-state index in [-0.39, 0.29) is 6.10 Å². The van der Waals surface area contributed by atoms with Gasteiger partial charge < -0.3 is 15.7 Å². The van der Waals surface area contributed by atoms with Gasteiger partial charge in [-0.25, -0.2) is 0 Å². The highest BCUT2D eigenvalue weighted by Gasteiger charge is 2.09. The third kappa shape index (κ3) is 3.48. The van der Waals surface area contributed by atoms with Gasteiger partial charge in [0.25, 0.3) is 0 Å². The van der Waals surface area contributed by atoms with E-state index >= 15 is 0 Å². The van der Waals surface area contributed by atoms with Crippen molar-refractivity contribution in [2.45, 2.75) is 19.6 Å². The zero-order valence-corrected chi connectivity index (χ0v) is 10.7. The van der Waals surface area contributed by atoms with Crippen LogP contribution in [0.25, 0.3) is 0 Å². The molecular weight excluding hydrogens is 256 g/mol. The summed E-state index contributed by atoms with van der Waals surface area (Å²) in [5.74, 6) is 0. The monoisotopic (exact) mass is 272 g/mol. The molecule has 0 aliphatic rings. The fourth-order valence-electron chi connectivity index (χ4n) is 1.56. The molecule has 0 saturated heterocycles. The molecule has 4 heteroatoms. The van der Waals surface area contributed by atoms with E-state index in [9.17, 15) is 5.11 Å². The maximum Gasteiger partial charge on any atom is 0.0686 e. The average Bonchev–Trinajstić information content (AvgIpc) is 2.16. The first-order valence-electron chi connectivity index (χ1n) is 4.92. The van der Waals surface area contributed by atoms with Gasteiger partial charge in [-0.1, -0.05) is 22.0 Å². The minimum Gasteiger partial charge on any atom is -0.392 e. The number of aliphatic hydroxyl groups excluding tert-OH is 1. The van der Waals surface area contributed by atoms with Crippen LogP contribution in [0.2, 0.25) is 0 Å². The van der Waals surface area contributed by atoms with Crippen molar-refractivity contribution in [1.82, 2.24) is 0 Å². The number of halogens is 1. The first-order valence-corrected chi connectivity index (χ1v) is 5.71. The lowest BCUT2D eigenvalue weighted by atomic mass is 10.1. The second kappa shape index (κ2) is 5.49. The molecule has 3 N–H and O–H groups in total. The van der Waals surface area contributed by atoms with E-state index in [0.29, 0.717) is 13.1 Å². The van der Waals surface area contributed by atoms with E-state index < -0.39 is 0 Å². The van der Waals surface area contributed by atoms with Gasteiger partial charge in [0.1, 0.15) is 0 Å². The van der Waals surface area contributed by atoms with E-state index in [2.05, 4.69) is 15.9 Å². The Morgan fingerprint density at radius 3 is 2.73 bits per heavy atom. The van der Waals surface area contributed by atoms with E-state index in [0.717, 1.165) is 15.7 Å². The molecule has 0 radical (unpaired) electrons. The predicted octanol–water partition coefficient (Wildman–Crippen LogP) is 1.72. The molecule has 1 atom stereocenters. The zero-order valence-electron chi connectivity index (χ0n) is 9.07. The van der Waals surface area contributed by atoms with Gasteiger partial charge in [-0.05, 0) is 24.6 Å². The molecule has 0 saturated carbocycles. The van der Waals surface area contributed by atoms with E-state index in [4.69, 9.17) is 5.73 Å². The van der Waals surface area contributed by atoms with Crippen LogP contribution in [0.3, 0.4) is 0 Å². The fraction of sp³-hybridized carbons (Fsp3) is 0.455. The summed E-state index contributed by atoms with van der Waals surface area (Å²) in [7, 11) is 1.95.